The van der Waals surface area contributed by atoms with Crippen molar-refractivity contribution < 1.29 is 13.9 Å². The fourth-order valence-corrected chi connectivity index (χ4v) is 2.27. The Morgan fingerprint density at radius 3 is 2.88 bits per heavy atom. The number of methoxy groups -OCH3 is 1. The van der Waals surface area contributed by atoms with Gasteiger partial charge in [-0.3, -0.25) is 4.79 Å². The predicted octanol–water partition coefficient (Wildman–Crippen LogP) is 3.66. The second-order valence-corrected chi connectivity index (χ2v) is 5.36. The Morgan fingerprint density at radius 1 is 1.38 bits per heavy atom. The number of hydrogen-bond acceptors (Lipinski definition) is 4. The molecule has 24 heavy (non-hydrogen) atoms. The van der Waals surface area contributed by atoms with Crippen molar-refractivity contribution in [3.63, 3.8) is 0 Å². The molecule has 1 heterocycles. The first kappa shape index (κ1) is 17.8. The summed E-state index contributed by atoms with van der Waals surface area (Å²) in [5, 5.41) is 12.4. The topological polar surface area (TPSA) is 75.3 Å². The Morgan fingerprint density at radius 2 is 2.17 bits per heavy atom. The standard InChI is InChI=1S/C18H17ClN2O3/c1-23-10-4-9-21-18(22)13(12-20)11-14-7-8-17(24-14)15-5-2-3-6-16(15)19/h2-3,5-8,11H,4,9-10H2,1H3,(H,21,22)/b13-11+. The molecule has 0 aliphatic rings. The lowest BCUT2D eigenvalue weighted by Crippen LogP contribution is -2.26. The van der Waals surface area contributed by atoms with Crippen LogP contribution in [0, 0.1) is 11.3 Å². The third kappa shape index (κ3) is 4.72. The Hall–Kier alpha value is -2.55. The summed E-state index contributed by atoms with van der Waals surface area (Å²) in [6.07, 6.45) is 2.09. The summed E-state index contributed by atoms with van der Waals surface area (Å²) in [6.45, 7) is 0.986. The highest BCUT2D eigenvalue weighted by Gasteiger charge is 2.11. The van der Waals surface area contributed by atoms with Gasteiger partial charge in [0, 0.05) is 31.9 Å². The molecule has 0 aliphatic carbocycles. The van der Waals surface area contributed by atoms with Gasteiger partial charge in [-0.05, 0) is 30.7 Å². The van der Waals surface area contributed by atoms with E-state index in [1.165, 1.54) is 6.08 Å². The number of rotatable bonds is 7. The van der Waals surface area contributed by atoms with Crippen molar-refractivity contribution in [2.75, 3.05) is 20.3 Å². The van der Waals surface area contributed by atoms with Gasteiger partial charge in [-0.15, -0.1) is 0 Å². The van der Waals surface area contributed by atoms with Crippen LogP contribution in [0.3, 0.4) is 0 Å². The van der Waals surface area contributed by atoms with Gasteiger partial charge in [-0.2, -0.15) is 5.26 Å². The van der Waals surface area contributed by atoms with Crippen molar-refractivity contribution in [2.45, 2.75) is 6.42 Å². The summed E-state index contributed by atoms with van der Waals surface area (Å²) in [4.78, 5) is 12.0. The molecule has 0 fully saturated rings. The minimum atomic E-state index is -0.440. The van der Waals surface area contributed by atoms with E-state index in [0.29, 0.717) is 36.1 Å². The quantitative estimate of drug-likeness (QED) is 0.472. The molecule has 6 heteroatoms. The average Bonchev–Trinajstić information content (AvgIpc) is 3.05. The van der Waals surface area contributed by atoms with Gasteiger partial charge in [0.05, 0.1) is 5.02 Å². The van der Waals surface area contributed by atoms with Crippen LogP contribution in [0.2, 0.25) is 5.02 Å². The normalized spacial score (nSPS) is 11.1. The molecule has 2 aromatic rings. The van der Waals surface area contributed by atoms with Crippen molar-refractivity contribution in [1.82, 2.24) is 5.32 Å². The van der Waals surface area contributed by atoms with E-state index in [2.05, 4.69) is 5.32 Å². The highest BCUT2D eigenvalue weighted by atomic mass is 35.5. The predicted molar refractivity (Wildman–Crippen MR) is 92.2 cm³/mol. The molecule has 0 atom stereocenters. The number of nitrogens with one attached hydrogen (secondary N) is 1. The number of nitrogens with zero attached hydrogens (tertiary/aromatic N) is 1. The maximum atomic E-state index is 12.0. The zero-order valence-corrected chi connectivity index (χ0v) is 14.0. The molecule has 2 rings (SSSR count). The molecular formula is C18H17ClN2O3. The highest BCUT2D eigenvalue weighted by Crippen LogP contribution is 2.29. The molecule has 0 aliphatic heterocycles. The van der Waals surface area contributed by atoms with Crippen LogP contribution < -0.4 is 5.32 Å². The van der Waals surface area contributed by atoms with E-state index >= 15 is 0 Å². The summed E-state index contributed by atoms with van der Waals surface area (Å²) in [5.41, 5.74) is 0.730. The lowest BCUT2D eigenvalue weighted by Gasteiger charge is -2.03. The molecule has 0 bridgehead atoms. The first-order chi connectivity index (χ1) is 11.7. The van der Waals surface area contributed by atoms with Gasteiger partial charge in [0.1, 0.15) is 23.2 Å². The summed E-state index contributed by atoms with van der Waals surface area (Å²) in [6, 6.07) is 12.6. The Kier molecular flexibility index (Phi) is 6.62. The van der Waals surface area contributed by atoms with Gasteiger partial charge in [0.2, 0.25) is 0 Å². The second kappa shape index (κ2) is 8.92. The Balaban J connectivity index is 2.11. The maximum absolute atomic E-state index is 12.0. The summed E-state index contributed by atoms with van der Waals surface area (Å²) < 4.78 is 10.6. The number of carbonyl (C=O) groups is 1. The zero-order chi connectivity index (χ0) is 17.4. The number of furan rings is 1. The number of ether oxygens (including phenoxy) is 1. The summed E-state index contributed by atoms with van der Waals surface area (Å²) in [7, 11) is 1.59. The van der Waals surface area contributed by atoms with Crippen molar-refractivity contribution in [1.29, 1.82) is 5.26 Å². The van der Waals surface area contributed by atoms with Gasteiger partial charge in [-0.1, -0.05) is 23.7 Å². The maximum Gasteiger partial charge on any atom is 0.262 e. The molecule has 5 nitrogen and oxygen atoms in total. The monoisotopic (exact) mass is 344 g/mol. The van der Waals surface area contributed by atoms with Crippen molar-refractivity contribution in [3.8, 4) is 17.4 Å². The van der Waals surface area contributed by atoms with Gasteiger partial charge < -0.3 is 14.5 Å². The van der Waals surface area contributed by atoms with Crippen LogP contribution in [0.1, 0.15) is 12.2 Å². The summed E-state index contributed by atoms with van der Waals surface area (Å²) in [5.74, 6) is 0.544. The van der Waals surface area contributed by atoms with E-state index in [-0.39, 0.29) is 5.57 Å². The molecule has 1 aromatic heterocycles. The van der Waals surface area contributed by atoms with Crippen molar-refractivity contribution in [3.05, 3.63) is 52.8 Å². The summed E-state index contributed by atoms with van der Waals surface area (Å²) >= 11 is 6.13. The van der Waals surface area contributed by atoms with Gasteiger partial charge in [-0.25, -0.2) is 0 Å². The van der Waals surface area contributed by atoms with Crippen LogP contribution in [-0.4, -0.2) is 26.2 Å². The third-order valence-corrected chi connectivity index (χ3v) is 3.56. The lowest BCUT2D eigenvalue weighted by atomic mass is 10.2. The van der Waals surface area contributed by atoms with E-state index < -0.39 is 5.91 Å². The van der Waals surface area contributed by atoms with E-state index in [4.69, 9.17) is 26.0 Å². The van der Waals surface area contributed by atoms with E-state index in [1.54, 1.807) is 25.3 Å². The largest absolute Gasteiger partial charge is 0.457 e. The number of carbonyl (C=O) groups excluding carboxylic acids is 1. The van der Waals surface area contributed by atoms with Crippen LogP contribution >= 0.6 is 11.6 Å². The molecule has 0 saturated carbocycles. The fourth-order valence-electron chi connectivity index (χ4n) is 2.04. The number of halogens is 1. The van der Waals surface area contributed by atoms with Crippen molar-refractivity contribution >= 4 is 23.6 Å². The Bertz CT molecular complexity index is 775. The molecule has 0 spiro atoms. The van der Waals surface area contributed by atoms with Crippen LogP contribution in [0.5, 0.6) is 0 Å². The molecule has 0 radical (unpaired) electrons. The molecular weight excluding hydrogens is 328 g/mol. The van der Waals surface area contributed by atoms with Crippen molar-refractivity contribution in [2.24, 2.45) is 0 Å². The van der Waals surface area contributed by atoms with Crippen LogP contribution in [0.15, 0.2) is 46.4 Å². The first-order valence-corrected chi connectivity index (χ1v) is 7.77. The third-order valence-electron chi connectivity index (χ3n) is 3.23. The minimum Gasteiger partial charge on any atom is -0.457 e. The second-order valence-electron chi connectivity index (χ2n) is 4.95. The highest BCUT2D eigenvalue weighted by molar-refractivity contribution is 6.33. The van der Waals surface area contributed by atoms with Gasteiger partial charge >= 0.3 is 0 Å². The van der Waals surface area contributed by atoms with Crippen LogP contribution in [-0.2, 0) is 9.53 Å². The first-order valence-electron chi connectivity index (χ1n) is 7.39. The van der Waals surface area contributed by atoms with Gasteiger partial charge in [0.25, 0.3) is 5.91 Å². The van der Waals surface area contributed by atoms with Crippen LogP contribution in [0.4, 0.5) is 0 Å². The Labute approximate surface area is 145 Å². The van der Waals surface area contributed by atoms with E-state index in [0.717, 1.165) is 5.56 Å². The van der Waals surface area contributed by atoms with Gasteiger partial charge in [0.15, 0.2) is 0 Å². The molecule has 1 N–H and O–H groups in total. The fraction of sp³-hybridized carbons (Fsp3) is 0.222. The molecule has 1 amide bonds. The van der Waals surface area contributed by atoms with E-state index in [9.17, 15) is 4.79 Å². The number of hydrogen-bond donors (Lipinski definition) is 1. The number of nitriles is 1. The van der Waals surface area contributed by atoms with E-state index in [1.807, 2.05) is 24.3 Å². The van der Waals surface area contributed by atoms with Crippen LogP contribution in [0.25, 0.3) is 17.4 Å². The zero-order valence-electron chi connectivity index (χ0n) is 13.2. The number of benzene rings is 1. The number of amides is 1. The SMILES string of the molecule is COCCCNC(=O)/C(C#N)=C/c1ccc(-c2ccccc2Cl)o1. The minimum absolute atomic E-state index is 0.0209. The average molecular weight is 345 g/mol. The molecule has 0 unspecified atom stereocenters. The lowest BCUT2D eigenvalue weighted by molar-refractivity contribution is -0.117. The molecule has 0 saturated heterocycles. The smallest absolute Gasteiger partial charge is 0.262 e. The molecule has 124 valence electrons. The molecule has 1 aromatic carbocycles.